The molecule has 19 heavy (non-hydrogen) atoms. The highest BCUT2D eigenvalue weighted by Crippen LogP contribution is 2.17. The lowest BCUT2D eigenvalue weighted by molar-refractivity contribution is 0.627. The van der Waals surface area contributed by atoms with Gasteiger partial charge in [-0.1, -0.05) is 24.4 Å². The summed E-state index contributed by atoms with van der Waals surface area (Å²) in [5.74, 6) is 0.401. The van der Waals surface area contributed by atoms with Crippen molar-refractivity contribution in [3.05, 3.63) is 59.0 Å². The third kappa shape index (κ3) is 3.26. The van der Waals surface area contributed by atoms with Crippen molar-refractivity contribution in [3.63, 3.8) is 0 Å². The largest absolute Gasteiger partial charge is 0.389 e. The van der Waals surface area contributed by atoms with E-state index in [1.165, 1.54) is 12.1 Å². The normalized spacial score (nSPS) is 10.2. The van der Waals surface area contributed by atoms with Crippen LogP contribution < -0.4 is 11.1 Å². The zero-order valence-corrected chi connectivity index (χ0v) is 11.3. The highest BCUT2D eigenvalue weighted by atomic mass is 32.1. The summed E-state index contributed by atoms with van der Waals surface area (Å²) < 4.78 is 12.8. The van der Waals surface area contributed by atoms with Gasteiger partial charge in [0.05, 0.1) is 5.56 Å². The third-order valence-electron chi connectivity index (χ3n) is 2.78. The van der Waals surface area contributed by atoms with Crippen molar-refractivity contribution in [1.82, 2.24) is 4.98 Å². The number of pyridine rings is 1. The van der Waals surface area contributed by atoms with Crippen molar-refractivity contribution in [3.8, 4) is 0 Å². The summed E-state index contributed by atoms with van der Waals surface area (Å²) in [6, 6.07) is 8.15. The lowest BCUT2D eigenvalue weighted by Crippen LogP contribution is -2.16. The van der Waals surface area contributed by atoms with Gasteiger partial charge >= 0.3 is 0 Å². The third-order valence-corrected chi connectivity index (χ3v) is 2.98. The zero-order chi connectivity index (χ0) is 13.8. The molecule has 2 aromatic rings. The molecule has 0 aliphatic carbocycles. The molecule has 2 rings (SSSR count). The van der Waals surface area contributed by atoms with Gasteiger partial charge in [-0.2, -0.15) is 0 Å². The van der Waals surface area contributed by atoms with Crippen molar-refractivity contribution in [2.75, 3.05) is 5.32 Å². The first kappa shape index (κ1) is 13.4. The lowest BCUT2D eigenvalue weighted by Gasteiger charge is -2.12. The first-order valence-electron chi connectivity index (χ1n) is 5.81. The molecule has 3 nitrogen and oxygen atoms in total. The summed E-state index contributed by atoms with van der Waals surface area (Å²) in [7, 11) is 0. The van der Waals surface area contributed by atoms with Gasteiger partial charge in [-0.25, -0.2) is 9.37 Å². The number of nitrogens with one attached hydrogen (secondary N) is 1. The molecular formula is C14H14FN3S. The second-order valence-electron chi connectivity index (χ2n) is 4.20. The van der Waals surface area contributed by atoms with Gasteiger partial charge in [0.2, 0.25) is 0 Å². The molecule has 0 bridgehead atoms. The van der Waals surface area contributed by atoms with Crippen molar-refractivity contribution >= 4 is 23.0 Å². The maximum Gasteiger partial charge on any atom is 0.136 e. The second-order valence-corrected chi connectivity index (χ2v) is 4.64. The molecule has 0 unspecified atom stereocenters. The van der Waals surface area contributed by atoms with Crippen LogP contribution in [0.4, 0.5) is 10.2 Å². The first-order chi connectivity index (χ1) is 9.08. The van der Waals surface area contributed by atoms with E-state index in [0.717, 1.165) is 16.7 Å². The number of halogens is 1. The minimum atomic E-state index is -0.249. The summed E-state index contributed by atoms with van der Waals surface area (Å²) in [4.78, 5) is 4.55. The molecule has 98 valence electrons. The van der Waals surface area contributed by atoms with Crippen LogP contribution in [0, 0.1) is 12.7 Å². The van der Waals surface area contributed by atoms with Crippen LogP contribution in [0.5, 0.6) is 0 Å². The van der Waals surface area contributed by atoms with Crippen LogP contribution in [0.15, 0.2) is 36.5 Å². The Hall–Kier alpha value is -2.01. The van der Waals surface area contributed by atoms with E-state index in [0.29, 0.717) is 17.4 Å². The Morgan fingerprint density at radius 1 is 1.32 bits per heavy atom. The van der Waals surface area contributed by atoms with Crippen LogP contribution in [-0.2, 0) is 6.54 Å². The summed E-state index contributed by atoms with van der Waals surface area (Å²) in [5, 5.41) is 3.17. The van der Waals surface area contributed by atoms with Crippen LogP contribution in [0.3, 0.4) is 0 Å². The number of thiocarbonyl (C=S) groups is 1. The van der Waals surface area contributed by atoms with Crippen molar-refractivity contribution in [1.29, 1.82) is 0 Å². The Balaban J connectivity index is 2.18. The molecule has 0 saturated heterocycles. The molecule has 0 radical (unpaired) electrons. The topological polar surface area (TPSA) is 50.9 Å². The van der Waals surface area contributed by atoms with Crippen LogP contribution in [0.2, 0.25) is 0 Å². The number of hydrogen-bond acceptors (Lipinski definition) is 3. The molecule has 0 spiro atoms. The summed E-state index contributed by atoms with van der Waals surface area (Å²) in [6.45, 7) is 2.46. The fraction of sp³-hybridized carbons (Fsp3) is 0.143. The molecule has 1 heterocycles. The highest BCUT2D eigenvalue weighted by molar-refractivity contribution is 7.80. The standard InChI is InChI=1S/C14H14FN3S/c1-9-6-7-17-14(12(9)13(16)19)18-8-10-2-4-11(15)5-3-10/h2-7H,8H2,1H3,(H2,16,19)(H,17,18). The SMILES string of the molecule is Cc1ccnc(NCc2ccc(F)cc2)c1C(N)=S. The van der Waals surface area contributed by atoms with Gasteiger partial charge in [0.15, 0.2) is 0 Å². The van der Waals surface area contributed by atoms with E-state index >= 15 is 0 Å². The van der Waals surface area contributed by atoms with E-state index in [1.54, 1.807) is 18.3 Å². The minimum Gasteiger partial charge on any atom is -0.389 e. The summed E-state index contributed by atoms with van der Waals surface area (Å²) >= 11 is 5.03. The Morgan fingerprint density at radius 3 is 2.63 bits per heavy atom. The first-order valence-corrected chi connectivity index (χ1v) is 6.22. The lowest BCUT2D eigenvalue weighted by atomic mass is 10.1. The molecule has 3 N–H and O–H groups in total. The quantitative estimate of drug-likeness (QED) is 0.842. The summed E-state index contributed by atoms with van der Waals surface area (Å²) in [5.41, 5.74) is 8.39. The van der Waals surface area contributed by atoms with Gasteiger partial charge in [0.25, 0.3) is 0 Å². The van der Waals surface area contributed by atoms with Gasteiger partial charge in [-0.05, 0) is 36.2 Å². The van der Waals surface area contributed by atoms with Gasteiger partial charge in [-0.3, -0.25) is 0 Å². The number of aryl methyl sites for hydroxylation is 1. The molecular weight excluding hydrogens is 261 g/mol. The molecule has 0 fully saturated rings. The predicted molar refractivity (Wildman–Crippen MR) is 78.6 cm³/mol. The molecule has 0 aliphatic heterocycles. The maximum atomic E-state index is 12.8. The van der Waals surface area contributed by atoms with E-state index in [2.05, 4.69) is 10.3 Å². The Labute approximate surface area is 116 Å². The molecule has 0 aliphatic rings. The smallest absolute Gasteiger partial charge is 0.136 e. The Morgan fingerprint density at radius 2 is 2.00 bits per heavy atom. The number of nitrogens with zero attached hydrogens (tertiary/aromatic N) is 1. The van der Waals surface area contributed by atoms with Gasteiger partial charge in [0, 0.05) is 12.7 Å². The number of nitrogens with two attached hydrogens (primary N) is 1. The molecule has 5 heteroatoms. The van der Waals surface area contributed by atoms with Crippen molar-refractivity contribution in [2.24, 2.45) is 5.73 Å². The number of benzene rings is 1. The zero-order valence-electron chi connectivity index (χ0n) is 10.5. The molecule has 0 atom stereocenters. The van der Waals surface area contributed by atoms with E-state index in [1.807, 2.05) is 13.0 Å². The number of rotatable bonds is 4. The fourth-order valence-electron chi connectivity index (χ4n) is 1.79. The molecule has 0 saturated carbocycles. The minimum absolute atomic E-state index is 0.249. The predicted octanol–water partition coefficient (Wildman–Crippen LogP) is 2.78. The number of aromatic nitrogens is 1. The molecule has 1 aromatic carbocycles. The van der Waals surface area contributed by atoms with E-state index in [4.69, 9.17) is 18.0 Å². The van der Waals surface area contributed by atoms with Gasteiger partial charge in [-0.15, -0.1) is 0 Å². The van der Waals surface area contributed by atoms with E-state index < -0.39 is 0 Å². The van der Waals surface area contributed by atoms with Crippen molar-refractivity contribution < 1.29 is 4.39 Å². The van der Waals surface area contributed by atoms with Crippen LogP contribution in [0.25, 0.3) is 0 Å². The van der Waals surface area contributed by atoms with E-state index in [-0.39, 0.29) is 5.82 Å². The number of anilines is 1. The fourth-order valence-corrected chi connectivity index (χ4v) is 2.05. The summed E-state index contributed by atoms with van der Waals surface area (Å²) in [6.07, 6.45) is 1.70. The van der Waals surface area contributed by atoms with E-state index in [9.17, 15) is 4.39 Å². The average Bonchev–Trinajstić information content (AvgIpc) is 2.37. The van der Waals surface area contributed by atoms with Gasteiger partial charge < -0.3 is 11.1 Å². The highest BCUT2D eigenvalue weighted by Gasteiger charge is 2.09. The Kier molecular flexibility index (Phi) is 4.06. The molecule has 1 aromatic heterocycles. The second kappa shape index (κ2) is 5.75. The number of hydrogen-bond donors (Lipinski definition) is 2. The monoisotopic (exact) mass is 275 g/mol. The van der Waals surface area contributed by atoms with Crippen LogP contribution in [-0.4, -0.2) is 9.97 Å². The molecule has 0 amide bonds. The average molecular weight is 275 g/mol. The Bertz CT molecular complexity index is 596. The van der Waals surface area contributed by atoms with Crippen molar-refractivity contribution in [2.45, 2.75) is 13.5 Å². The maximum absolute atomic E-state index is 12.8. The van der Waals surface area contributed by atoms with Gasteiger partial charge in [0.1, 0.15) is 16.6 Å². The van der Waals surface area contributed by atoms with Crippen LogP contribution in [0.1, 0.15) is 16.7 Å². The van der Waals surface area contributed by atoms with Crippen LogP contribution >= 0.6 is 12.2 Å².